The van der Waals surface area contributed by atoms with E-state index in [0.717, 1.165) is 32.4 Å². The van der Waals surface area contributed by atoms with E-state index in [1.165, 1.54) is 11.1 Å². The molecule has 1 aliphatic rings. The standard InChI is InChI=1S/C20H16BrClN2O/c21-15-3-1-14(2-4-15)20(25)24-9-7-13(8-10-24)18-12-23-19-6-5-16(22)11-17(18)19/h1-7,11-12,23H,8-10H2. The first-order valence-electron chi connectivity index (χ1n) is 8.13. The lowest BCUT2D eigenvalue weighted by atomic mass is 9.98. The molecule has 0 aliphatic carbocycles. The van der Waals surface area contributed by atoms with E-state index in [1.54, 1.807) is 0 Å². The second kappa shape index (κ2) is 6.70. The molecule has 3 aromatic rings. The van der Waals surface area contributed by atoms with Gasteiger partial charge < -0.3 is 9.88 Å². The van der Waals surface area contributed by atoms with Gasteiger partial charge in [-0.25, -0.2) is 0 Å². The van der Waals surface area contributed by atoms with E-state index in [9.17, 15) is 4.79 Å². The number of carbonyl (C=O) groups is 1. The summed E-state index contributed by atoms with van der Waals surface area (Å²) in [6.45, 7) is 1.34. The van der Waals surface area contributed by atoms with Gasteiger partial charge in [-0.2, -0.15) is 0 Å². The number of hydrogen-bond acceptors (Lipinski definition) is 1. The van der Waals surface area contributed by atoms with E-state index >= 15 is 0 Å². The smallest absolute Gasteiger partial charge is 0.254 e. The number of nitrogens with zero attached hydrogens (tertiary/aromatic N) is 1. The average molecular weight is 416 g/mol. The molecule has 0 radical (unpaired) electrons. The Hall–Kier alpha value is -2.04. The summed E-state index contributed by atoms with van der Waals surface area (Å²) >= 11 is 9.54. The van der Waals surface area contributed by atoms with Crippen molar-refractivity contribution in [3.8, 4) is 0 Å². The molecule has 1 aromatic heterocycles. The van der Waals surface area contributed by atoms with E-state index in [-0.39, 0.29) is 5.91 Å². The van der Waals surface area contributed by atoms with Crippen LogP contribution in [0.4, 0.5) is 0 Å². The third-order valence-electron chi connectivity index (χ3n) is 4.58. The number of nitrogens with one attached hydrogen (secondary N) is 1. The van der Waals surface area contributed by atoms with Gasteiger partial charge in [-0.3, -0.25) is 4.79 Å². The first-order chi connectivity index (χ1) is 12.1. The number of carbonyl (C=O) groups excluding carboxylic acids is 1. The summed E-state index contributed by atoms with van der Waals surface area (Å²) in [6, 6.07) is 13.4. The highest BCUT2D eigenvalue weighted by atomic mass is 79.9. The van der Waals surface area contributed by atoms with Gasteiger partial charge in [0, 0.05) is 50.8 Å². The number of benzene rings is 2. The number of fused-ring (bicyclic) bond motifs is 1. The Labute approximate surface area is 159 Å². The molecule has 1 aliphatic heterocycles. The van der Waals surface area contributed by atoms with Crippen molar-refractivity contribution < 1.29 is 4.79 Å². The highest BCUT2D eigenvalue weighted by Crippen LogP contribution is 2.31. The summed E-state index contributed by atoms with van der Waals surface area (Å²) < 4.78 is 0.975. The molecule has 0 fully saturated rings. The maximum Gasteiger partial charge on any atom is 0.254 e. The summed E-state index contributed by atoms with van der Waals surface area (Å²) in [6.07, 6.45) is 5.00. The quantitative estimate of drug-likeness (QED) is 0.588. The van der Waals surface area contributed by atoms with Gasteiger partial charge in [0.15, 0.2) is 0 Å². The number of rotatable bonds is 2. The van der Waals surface area contributed by atoms with Crippen LogP contribution in [0.15, 0.2) is 59.2 Å². The maximum atomic E-state index is 12.6. The van der Waals surface area contributed by atoms with Crippen LogP contribution >= 0.6 is 27.5 Å². The van der Waals surface area contributed by atoms with Crippen molar-refractivity contribution in [2.24, 2.45) is 0 Å². The minimum atomic E-state index is 0.0739. The zero-order valence-electron chi connectivity index (χ0n) is 13.4. The second-order valence-corrected chi connectivity index (χ2v) is 7.48. The molecular weight excluding hydrogens is 400 g/mol. The monoisotopic (exact) mass is 414 g/mol. The van der Waals surface area contributed by atoms with Crippen LogP contribution in [0.5, 0.6) is 0 Å². The zero-order valence-corrected chi connectivity index (χ0v) is 15.8. The molecule has 0 bridgehead atoms. The topological polar surface area (TPSA) is 36.1 Å². The number of aromatic amines is 1. The van der Waals surface area contributed by atoms with Crippen LogP contribution < -0.4 is 0 Å². The second-order valence-electron chi connectivity index (χ2n) is 6.13. The number of aromatic nitrogens is 1. The maximum absolute atomic E-state index is 12.6. The molecule has 126 valence electrons. The van der Waals surface area contributed by atoms with Crippen molar-refractivity contribution in [3.63, 3.8) is 0 Å². The van der Waals surface area contributed by atoms with Gasteiger partial charge in [0.2, 0.25) is 0 Å². The highest BCUT2D eigenvalue weighted by Gasteiger charge is 2.20. The van der Waals surface area contributed by atoms with E-state index in [1.807, 2.05) is 53.6 Å². The Kier molecular flexibility index (Phi) is 4.40. The lowest BCUT2D eigenvalue weighted by molar-refractivity contribution is 0.0773. The fraction of sp³-hybridized carbons (Fsp3) is 0.150. The zero-order chi connectivity index (χ0) is 17.4. The predicted molar refractivity (Wildman–Crippen MR) is 106 cm³/mol. The lowest BCUT2D eigenvalue weighted by Crippen LogP contribution is -2.34. The van der Waals surface area contributed by atoms with Gasteiger partial charge in [0.1, 0.15) is 0 Å². The van der Waals surface area contributed by atoms with E-state index in [2.05, 4.69) is 27.0 Å². The van der Waals surface area contributed by atoms with Crippen LogP contribution in [0.3, 0.4) is 0 Å². The Morgan fingerprint density at radius 1 is 1.16 bits per heavy atom. The number of H-pyrrole nitrogens is 1. The van der Waals surface area contributed by atoms with Crippen molar-refractivity contribution in [1.29, 1.82) is 0 Å². The van der Waals surface area contributed by atoms with E-state index < -0.39 is 0 Å². The van der Waals surface area contributed by atoms with Crippen molar-refractivity contribution in [3.05, 3.63) is 75.4 Å². The van der Waals surface area contributed by atoms with Crippen LogP contribution in [0.2, 0.25) is 5.02 Å². The molecule has 0 saturated carbocycles. The normalized spacial score (nSPS) is 14.6. The van der Waals surface area contributed by atoms with Gasteiger partial charge in [0.25, 0.3) is 5.91 Å². The first kappa shape index (κ1) is 16.4. The van der Waals surface area contributed by atoms with Crippen molar-refractivity contribution in [1.82, 2.24) is 9.88 Å². The molecule has 0 unspecified atom stereocenters. The fourth-order valence-corrected chi connectivity index (χ4v) is 3.67. The van der Waals surface area contributed by atoms with Crippen molar-refractivity contribution in [2.75, 3.05) is 13.1 Å². The minimum Gasteiger partial charge on any atom is -0.361 e. The van der Waals surface area contributed by atoms with E-state index in [0.29, 0.717) is 13.1 Å². The van der Waals surface area contributed by atoms with Crippen molar-refractivity contribution in [2.45, 2.75) is 6.42 Å². The average Bonchev–Trinajstić information content (AvgIpc) is 3.05. The number of halogens is 2. The Bertz CT molecular complexity index is 975. The summed E-state index contributed by atoms with van der Waals surface area (Å²) in [5.74, 6) is 0.0739. The molecule has 3 nitrogen and oxygen atoms in total. The molecule has 1 N–H and O–H groups in total. The lowest BCUT2D eigenvalue weighted by Gasteiger charge is -2.26. The van der Waals surface area contributed by atoms with Crippen LogP contribution in [0, 0.1) is 0 Å². The molecular formula is C20H16BrClN2O. The first-order valence-corrected chi connectivity index (χ1v) is 9.30. The molecule has 0 spiro atoms. The van der Waals surface area contributed by atoms with E-state index in [4.69, 9.17) is 11.6 Å². The summed E-state index contributed by atoms with van der Waals surface area (Å²) in [5.41, 5.74) is 4.23. The van der Waals surface area contributed by atoms with Gasteiger partial charge >= 0.3 is 0 Å². The third kappa shape index (κ3) is 3.24. The van der Waals surface area contributed by atoms with Crippen molar-refractivity contribution >= 4 is 49.9 Å². The Morgan fingerprint density at radius 2 is 1.96 bits per heavy atom. The number of hydrogen-bond donors (Lipinski definition) is 1. The van der Waals surface area contributed by atoms with Gasteiger partial charge in [-0.1, -0.05) is 33.6 Å². The van der Waals surface area contributed by atoms with Crippen LogP contribution in [-0.4, -0.2) is 28.9 Å². The van der Waals surface area contributed by atoms with Crippen LogP contribution in [0.25, 0.3) is 16.5 Å². The molecule has 0 atom stereocenters. The van der Waals surface area contributed by atoms with Gasteiger partial charge in [-0.15, -0.1) is 0 Å². The number of amides is 1. The van der Waals surface area contributed by atoms with Crippen LogP contribution in [0.1, 0.15) is 22.3 Å². The largest absolute Gasteiger partial charge is 0.361 e. The fourth-order valence-electron chi connectivity index (χ4n) is 3.23. The molecule has 1 amide bonds. The predicted octanol–water partition coefficient (Wildman–Crippen LogP) is 5.51. The molecule has 4 rings (SSSR count). The molecule has 25 heavy (non-hydrogen) atoms. The molecule has 0 saturated heterocycles. The molecule has 2 heterocycles. The van der Waals surface area contributed by atoms with Gasteiger partial charge in [-0.05, 0) is 54.5 Å². The van der Waals surface area contributed by atoms with Gasteiger partial charge in [0.05, 0.1) is 0 Å². The van der Waals surface area contributed by atoms with Crippen LogP contribution in [-0.2, 0) is 0 Å². The Morgan fingerprint density at radius 3 is 2.68 bits per heavy atom. The third-order valence-corrected chi connectivity index (χ3v) is 5.34. The summed E-state index contributed by atoms with van der Waals surface area (Å²) in [7, 11) is 0. The Balaban J connectivity index is 1.56. The summed E-state index contributed by atoms with van der Waals surface area (Å²) in [5, 5.41) is 1.86. The molecule has 2 aromatic carbocycles. The molecule has 5 heteroatoms. The SMILES string of the molecule is O=C(c1ccc(Br)cc1)N1CC=C(c2c[nH]c3ccc(Cl)cc23)CC1. The highest BCUT2D eigenvalue weighted by molar-refractivity contribution is 9.10. The minimum absolute atomic E-state index is 0.0739. The summed E-state index contributed by atoms with van der Waals surface area (Å²) in [4.78, 5) is 17.8.